The van der Waals surface area contributed by atoms with Gasteiger partial charge in [-0.2, -0.15) is 5.10 Å². The predicted octanol–water partition coefficient (Wildman–Crippen LogP) is 4.43. The molecular weight excluding hydrogens is 445 g/mol. The lowest BCUT2D eigenvalue weighted by Crippen LogP contribution is -2.43. The number of halogens is 2. The first-order valence-electron chi connectivity index (χ1n) is 11.2. The Morgan fingerprint density at radius 1 is 1.12 bits per heavy atom. The molecule has 0 unspecified atom stereocenters. The van der Waals surface area contributed by atoms with E-state index >= 15 is 0 Å². The molecule has 0 radical (unpaired) electrons. The average molecular weight is 472 g/mol. The molecule has 2 aliphatic rings. The molecule has 1 saturated heterocycles. The highest BCUT2D eigenvalue weighted by Gasteiger charge is 2.35. The number of esters is 1. The van der Waals surface area contributed by atoms with Crippen molar-refractivity contribution < 1.29 is 18.7 Å². The van der Waals surface area contributed by atoms with Crippen LogP contribution < -0.4 is 0 Å². The van der Waals surface area contributed by atoms with Crippen LogP contribution in [-0.2, 0) is 14.3 Å². The number of ether oxygens (including phenoxy) is 1. The quantitative estimate of drug-likeness (QED) is 0.585. The maximum absolute atomic E-state index is 13.4. The molecule has 1 fully saturated rings. The van der Waals surface area contributed by atoms with Gasteiger partial charge in [0.05, 0.1) is 30.8 Å². The summed E-state index contributed by atoms with van der Waals surface area (Å²) in [4.78, 5) is 27.4. The molecule has 33 heavy (non-hydrogen) atoms. The van der Waals surface area contributed by atoms with E-state index in [-0.39, 0.29) is 36.2 Å². The maximum atomic E-state index is 13.4. The van der Waals surface area contributed by atoms with Gasteiger partial charge in [-0.15, -0.1) is 0 Å². The second-order valence-electron chi connectivity index (χ2n) is 8.34. The van der Waals surface area contributed by atoms with Gasteiger partial charge in [0.25, 0.3) is 5.91 Å². The molecule has 174 valence electrons. The maximum Gasteiger partial charge on any atom is 0.309 e. The number of carbonyl (C=O) groups is 2. The Labute approximate surface area is 198 Å². The molecule has 0 spiro atoms. The van der Waals surface area contributed by atoms with E-state index in [0.717, 1.165) is 11.1 Å². The first-order valence-corrected chi connectivity index (χ1v) is 11.6. The Bertz CT molecular complexity index is 1040. The summed E-state index contributed by atoms with van der Waals surface area (Å²) in [5.41, 5.74) is 2.32. The normalized spacial score (nSPS) is 19.4. The van der Waals surface area contributed by atoms with Crippen LogP contribution in [0.4, 0.5) is 4.39 Å². The van der Waals surface area contributed by atoms with E-state index < -0.39 is 0 Å². The van der Waals surface area contributed by atoms with Gasteiger partial charge in [-0.25, -0.2) is 9.40 Å². The number of benzene rings is 2. The van der Waals surface area contributed by atoms with Gasteiger partial charge >= 0.3 is 5.97 Å². The fourth-order valence-electron chi connectivity index (χ4n) is 4.40. The molecule has 0 aromatic heterocycles. The Balaban J connectivity index is 1.49. The Kier molecular flexibility index (Phi) is 7.40. The van der Waals surface area contributed by atoms with Crippen LogP contribution in [0.25, 0.3) is 0 Å². The fraction of sp³-hybridized carbons (Fsp3) is 0.400. The van der Waals surface area contributed by atoms with Crippen LogP contribution >= 0.6 is 11.6 Å². The minimum Gasteiger partial charge on any atom is -0.466 e. The summed E-state index contributed by atoms with van der Waals surface area (Å²) in [5.74, 6) is -0.719. The van der Waals surface area contributed by atoms with Crippen LogP contribution in [-0.4, -0.2) is 53.7 Å². The third-order valence-electron chi connectivity index (χ3n) is 6.17. The van der Waals surface area contributed by atoms with E-state index in [1.807, 2.05) is 23.1 Å². The van der Waals surface area contributed by atoms with Crippen molar-refractivity contribution in [2.24, 2.45) is 11.0 Å². The van der Waals surface area contributed by atoms with Crippen LogP contribution in [0.2, 0.25) is 5.02 Å². The van der Waals surface area contributed by atoms with Gasteiger partial charge in [0, 0.05) is 11.4 Å². The first kappa shape index (κ1) is 23.4. The van der Waals surface area contributed by atoms with Crippen LogP contribution in [0.5, 0.6) is 0 Å². The molecule has 1 amide bonds. The molecule has 2 aromatic rings. The number of amides is 1. The van der Waals surface area contributed by atoms with Gasteiger partial charge < -0.3 is 4.74 Å². The number of hydrogen-bond donors (Lipinski definition) is 0. The Hall–Kier alpha value is -2.77. The van der Waals surface area contributed by atoms with Gasteiger partial charge in [0.2, 0.25) is 0 Å². The smallest absolute Gasteiger partial charge is 0.309 e. The number of nitrogens with zero attached hydrogens (tertiary/aromatic N) is 3. The van der Waals surface area contributed by atoms with Crippen molar-refractivity contribution in [3.63, 3.8) is 0 Å². The zero-order valence-electron chi connectivity index (χ0n) is 18.5. The van der Waals surface area contributed by atoms with Gasteiger partial charge in [-0.1, -0.05) is 41.9 Å². The molecule has 0 aliphatic carbocycles. The minimum atomic E-state index is -0.330. The molecule has 4 rings (SSSR count). The van der Waals surface area contributed by atoms with Crippen LogP contribution in [0.1, 0.15) is 43.4 Å². The molecule has 2 heterocycles. The van der Waals surface area contributed by atoms with Crippen molar-refractivity contribution >= 4 is 29.2 Å². The van der Waals surface area contributed by atoms with E-state index in [4.69, 9.17) is 16.3 Å². The summed E-state index contributed by atoms with van der Waals surface area (Å²) in [5, 5.41) is 6.72. The highest BCUT2D eigenvalue weighted by molar-refractivity contribution is 6.31. The van der Waals surface area contributed by atoms with E-state index in [2.05, 4.69) is 5.10 Å². The zero-order valence-corrected chi connectivity index (χ0v) is 19.3. The topological polar surface area (TPSA) is 62.2 Å². The van der Waals surface area contributed by atoms with Crippen LogP contribution in [0.15, 0.2) is 53.6 Å². The third-order valence-corrected chi connectivity index (χ3v) is 6.52. The highest BCUT2D eigenvalue weighted by atomic mass is 35.5. The fourth-order valence-corrected chi connectivity index (χ4v) is 4.66. The van der Waals surface area contributed by atoms with E-state index in [1.54, 1.807) is 25.1 Å². The molecule has 1 atom stereocenters. The number of likely N-dealkylation sites (tertiary alicyclic amines) is 1. The largest absolute Gasteiger partial charge is 0.466 e. The lowest BCUT2D eigenvalue weighted by molar-refractivity contribution is -0.149. The second kappa shape index (κ2) is 10.4. The predicted molar refractivity (Wildman–Crippen MR) is 124 cm³/mol. The molecular formula is C25H27ClFN3O3. The molecule has 2 aromatic carbocycles. The summed E-state index contributed by atoms with van der Waals surface area (Å²) < 4.78 is 18.5. The Morgan fingerprint density at radius 2 is 1.82 bits per heavy atom. The molecule has 8 heteroatoms. The van der Waals surface area contributed by atoms with Gasteiger partial charge in [0.1, 0.15) is 5.82 Å². The van der Waals surface area contributed by atoms with E-state index in [0.29, 0.717) is 49.7 Å². The zero-order chi connectivity index (χ0) is 23.4. The second-order valence-corrected chi connectivity index (χ2v) is 8.74. The molecule has 0 saturated carbocycles. The van der Waals surface area contributed by atoms with Crippen molar-refractivity contribution in [3.8, 4) is 0 Å². The average Bonchev–Trinajstić information content (AvgIpc) is 3.26. The summed E-state index contributed by atoms with van der Waals surface area (Å²) in [7, 11) is 0. The summed E-state index contributed by atoms with van der Waals surface area (Å²) in [6.45, 7) is 3.68. The summed E-state index contributed by atoms with van der Waals surface area (Å²) >= 11 is 6.46. The van der Waals surface area contributed by atoms with Gasteiger partial charge in [-0.3, -0.25) is 14.5 Å². The summed E-state index contributed by atoms with van der Waals surface area (Å²) in [6, 6.07) is 13.2. The van der Waals surface area contributed by atoms with E-state index in [9.17, 15) is 14.0 Å². The minimum absolute atomic E-state index is 0.109. The van der Waals surface area contributed by atoms with Crippen molar-refractivity contribution in [1.29, 1.82) is 0 Å². The van der Waals surface area contributed by atoms with Crippen molar-refractivity contribution in [2.45, 2.75) is 32.2 Å². The number of piperidine rings is 1. The molecule has 6 nitrogen and oxygen atoms in total. The lowest BCUT2D eigenvalue weighted by atomic mass is 9.97. The number of carbonyl (C=O) groups excluding carboxylic acids is 2. The number of rotatable bonds is 6. The SMILES string of the molecule is CCOC(=O)C1CCN(CC(=O)N2N=C(c3ccc(F)cc3)C[C@H]2c2ccccc2Cl)CC1. The number of hydrogen-bond acceptors (Lipinski definition) is 5. The van der Waals surface area contributed by atoms with E-state index in [1.165, 1.54) is 17.1 Å². The third kappa shape index (κ3) is 5.42. The lowest BCUT2D eigenvalue weighted by Gasteiger charge is -2.32. The molecule has 2 aliphatic heterocycles. The standard InChI is InChI=1S/C25H27ClFN3O3/c1-2-33-25(32)18-11-13-29(14-12-18)16-24(31)30-23(20-5-3-4-6-21(20)26)15-22(28-30)17-7-9-19(27)10-8-17/h3-10,18,23H,2,11-16H2,1H3/t23-/m0/s1. The highest BCUT2D eigenvalue weighted by Crippen LogP contribution is 2.36. The summed E-state index contributed by atoms with van der Waals surface area (Å²) in [6.07, 6.45) is 1.83. The van der Waals surface area contributed by atoms with Gasteiger partial charge in [-0.05, 0) is 62.2 Å². The molecule has 0 N–H and O–H groups in total. The van der Waals surface area contributed by atoms with Crippen LogP contribution in [0, 0.1) is 11.7 Å². The van der Waals surface area contributed by atoms with Crippen molar-refractivity contribution in [1.82, 2.24) is 9.91 Å². The number of hydrazone groups is 1. The van der Waals surface area contributed by atoms with Crippen LogP contribution in [0.3, 0.4) is 0 Å². The van der Waals surface area contributed by atoms with Crippen molar-refractivity contribution in [2.75, 3.05) is 26.2 Å². The Morgan fingerprint density at radius 3 is 2.48 bits per heavy atom. The first-order chi connectivity index (χ1) is 16.0. The van der Waals surface area contributed by atoms with Gasteiger partial charge in [0.15, 0.2) is 0 Å². The van der Waals surface area contributed by atoms with Crippen molar-refractivity contribution in [3.05, 3.63) is 70.5 Å². The molecule has 0 bridgehead atoms. The monoisotopic (exact) mass is 471 g/mol.